The molecule has 0 aromatic heterocycles. The Balaban J connectivity index is 6.02. The van der Waals surface area contributed by atoms with E-state index in [1.165, 1.54) is 8.88 Å². The van der Waals surface area contributed by atoms with Gasteiger partial charge in [0.15, 0.2) is 0 Å². The summed E-state index contributed by atoms with van der Waals surface area (Å²) in [5.41, 5.74) is 0. The van der Waals surface area contributed by atoms with Gasteiger partial charge in [-0.1, -0.05) is 0 Å². The van der Waals surface area contributed by atoms with Gasteiger partial charge in [0.05, 0.1) is 0 Å². The SMILES string of the molecule is S=S=S=S=S=S=S=S=S=S=S=S=S=S=S=S=S=S=S=S=S=S=S=S=S=S=S=S=S=S=S=S=S=S(=S)=S. The second kappa shape index (κ2) is 40.9. The monoisotopic (exact) mass is 1150 g/mol. The smallest absolute Gasteiger partial charge is 0 e. The van der Waals surface area contributed by atoms with E-state index in [0.717, 1.165) is 0 Å². The van der Waals surface area contributed by atoms with Crippen LogP contribution in [-0.4, -0.2) is 0 Å². The minimum absolute atomic E-state index is 0.378. The molecule has 0 aromatic carbocycles. The standard InChI is InChI=1S/S36/c1-4-5-6-7-8-9-10-11-12-13-14-15-16-17-18-19-20-21-22-23-24-25-26-27-28-29-30-31-32-33-34-35-36(2)3. The predicted octanol–water partition coefficient (Wildman–Crippen LogP) is -0.0864. The van der Waals surface area contributed by atoms with Crippen molar-refractivity contribution in [2.75, 3.05) is 0 Å². The highest BCUT2D eigenvalue weighted by Gasteiger charge is 1.44. The van der Waals surface area contributed by atoms with Crippen molar-refractivity contribution >= 4 is 324 Å². The molecule has 0 nitrogen and oxygen atoms in total. The van der Waals surface area contributed by atoms with Crippen LogP contribution in [0.2, 0.25) is 0 Å². The van der Waals surface area contributed by atoms with Crippen LogP contribution in [0.3, 0.4) is 0 Å². The molecule has 0 aromatic rings. The zero-order valence-corrected chi connectivity index (χ0v) is 44.1. The summed E-state index contributed by atoms with van der Waals surface area (Å²) >= 11 is 14.7. The average Bonchev–Trinajstić information content (AvgIpc) is 2.87. The summed E-state index contributed by atoms with van der Waals surface area (Å²) in [4.78, 5) is 0. The van der Waals surface area contributed by atoms with E-state index in [9.17, 15) is 0 Å². The number of hydrogen-bond donors (Lipinski definition) is 0. The first-order valence-electron chi connectivity index (χ1n) is 5.83. The molecule has 0 heterocycles. The Morgan fingerprint density at radius 2 is 0.417 bits per heavy atom. The lowest BCUT2D eigenvalue weighted by Gasteiger charge is -1.41. The van der Waals surface area contributed by atoms with Crippen LogP contribution in [0.5, 0.6) is 0 Å². The fourth-order valence-corrected chi connectivity index (χ4v) is 88.2. The zero-order chi connectivity index (χ0) is 26.2. The maximum absolute atomic E-state index is 4.95. The number of rotatable bonds is 0. The maximum atomic E-state index is 4.95. The van der Waals surface area contributed by atoms with Crippen molar-refractivity contribution < 1.29 is 0 Å². The van der Waals surface area contributed by atoms with E-state index in [2.05, 4.69) is 0 Å². The largest absolute Gasteiger partial charge is 0 e. The second-order valence-corrected chi connectivity index (χ2v) is 64.3. The quantitative estimate of drug-likeness (QED) is 0.334. The van der Waals surface area contributed by atoms with Gasteiger partial charge in [-0.25, -0.2) is 0 Å². The lowest BCUT2D eigenvalue weighted by Crippen LogP contribution is -1.41. The highest BCUT2D eigenvalue weighted by atomic mass is 33.5. The van der Waals surface area contributed by atoms with Crippen molar-refractivity contribution in [1.82, 2.24) is 0 Å². The first kappa shape index (κ1) is 43.9. The van der Waals surface area contributed by atoms with Crippen LogP contribution in [0.15, 0.2) is 0 Å². The van der Waals surface area contributed by atoms with Crippen molar-refractivity contribution in [3.05, 3.63) is 0 Å². The van der Waals surface area contributed by atoms with Crippen molar-refractivity contribution in [2.24, 2.45) is 0 Å². The van der Waals surface area contributed by atoms with Crippen molar-refractivity contribution in [1.29, 1.82) is 0 Å². The molecule has 216 valence electrons. The minimum Gasteiger partial charge on any atom is 0 e. The predicted molar refractivity (Wildman–Crippen MR) is 265 cm³/mol. The van der Waals surface area contributed by atoms with Crippen LogP contribution < -0.4 is 0 Å². The van der Waals surface area contributed by atoms with E-state index in [0.29, 0.717) is 0 Å². The minimum atomic E-state index is -0.378. The summed E-state index contributed by atoms with van der Waals surface area (Å²) in [5, 5.41) is 0. The number of hydrogen-bond acceptors (Lipinski definition) is 3. The van der Waals surface area contributed by atoms with Crippen LogP contribution in [-0.2, 0) is 324 Å². The third kappa shape index (κ3) is 41.9. The van der Waals surface area contributed by atoms with Crippen molar-refractivity contribution in [2.45, 2.75) is 0 Å². The van der Waals surface area contributed by atoms with Gasteiger partial charge in [-0.3, -0.25) is 0 Å². The summed E-state index contributed by atoms with van der Waals surface area (Å²) < 4.78 is 0. The molecule has 0 amide bonds. The Labute approximate surface area is 315 Å². The van der Waals surface area contributed by atoms with Gasteiger partial charge in [0.2, 0.25) is 0 Å². The Morgan fingerprint density at radius 1 is 0.250 bits per heavy atom. The molecule has 0 saturated heterocycles. The molecule has 0 N–H and O–H groups in total. The highest BCUT2D eigenvalue weighted by Crippen LogP contribution is 1.44. The van der Waals surface area contributed by atoms with Crippen molar-refractivity contribution in [3.8, 4) is 0 Å². The van der Waals surface area contributed by atoms with E-state index in [4.69, 9.17) is 33.6 Å². The first-order valence-corrected chi connectivity index (χ1v) is 52.5. The van der Waals surface area contributed by atoms with Gasteiger partial charge in [-0.15, -0.1) is 0 Å². The van der Waals surface area contributed by atoms with Gasteiger partial charge in [0.25, 0.3) is 0 Å². The fourth-order valence-electron chi connectivity index (χ4n) is 0.363. The van der Waals surface area contributed by atoms with Gasteiger partial charge in [0.1, 0.15) is 0 Å². The molecule has 0 fully saturated rings. The summed E-state index contributed by atoms with van der Waals surface area (Å²) in [6.07, 6.45) is 0. The molecule has 0 rings (SSSR count). The Morgan fingerprint density at radius 3 is 0.583 bits per heavy atom. The van der Waals surface area contributed by atoms with Gasteiger partial charge in [-0.2, -0.15) is 0 Å². The lowest BCUT2D eigenvalue weighted by atomic mass is 30.7. The van der Waals surface area contributed by atoms with Gasteiger partial charge in [-0.05, 0) is 0 Å². The van der Waals surface area contributed by atoms with E-state index in [1.807, 2.05) is 133 Å². The molecule has 0 atom stereocenters. The van der Waals surface area contributed by atoms with Crippen LogP contribution >= 0.6 is 0 Å². The third-order valence-electron chi connectivity index (χ3n) is 0.917. The van der Waals surface area contributed by atoms with Crippen molar-refractivity contribution in [3.63, 3.8) is 0 Å². The van der Waals surface area contributed by atoms with Gasteiger partial charge < -0.3 is 0 Å². The topological polar surface area (TPSA) is 0 Å². The van der Waals surface area contributed by atoms with Gasteiger partial charge >= 0.3 is 0 Å². The lowest BCUT2D eigenvalue weighted by molar-refractivity contribution is 5.95. The zero-order valence-electron chi connectivity index (χ0n) is 14.7. The molecule has 0 unspecified atom stereocenters. The van der Waals surface area contributed by atoms with E-state index in [-0.39, 0.29) is 6.57 Å². The molecule has 0 radical (unpaired) electrons. The molecule has 36 heteroatoms. The average molecular weight is 1150 g/mol. The molecule has 36 heavy (non-hydrogen) atoms. The maximum Gasteiger partial charge on any atom is 0 e. The van der Waals surface area contributed by atoms with E-state index in [1.54, 1.807) is 142 Å². The summed E-state index contributed by atoms with van der Waals surface area (Å²) in [7, 11) is 56.6. The summed E-state index contributed by atoms with van der Waals surface area (Å²) in [6.45, 7) is -0.378. The van der Waals surface area contributed by atoms with Crippen LogP contribution in [0.4, 0.5) is 0 Å². The summed E-state index contributed by atoms with van der Waals surface area (Å²) in [6, 6.07) is 0. The Kier molecular flexibility index (Phi) is 50.0. The molecule has 0 aliphatic heterocycles. The highest BCUT2D eigenvalue weighted by molar-refractivity contribution is 8.81. The summed E-state index contributed by atoms with van der Waals surface area (Å²) in [5.74, 6) is 0. The van der Waals surface area contributed by atoms with Crippen LogP contribution in [0.1, 0.15) is 0 Å². The molecular formula is S36. The molecular weight excluding hydrogens is 1150 g/mol. The molecule has 0 aliphatic rings. The first-order chi connectivity index (χ1) is 17.8. The normalized spacial score (nSPS) is 7.78. The Bertz CT molecular complexity index is 2320. The Hall–Kier alpha value is 7.92. The molecule has 0 saturated carbocycles. The molecule has 0 spiro atoms. The van der Waals surface area contributed by atoms with Crippen LogP contribution in [0.25, 0.3) is 0 Å². The molecule has 0 aliphatic carbocycles. The van der Waals surface area contributed by atoms with Gasteiger partial charge in [0, 0.05) is 324 Å². The second-order valence-electron chi connectivity index (χ2n) is 2.38. The van der Waals surface area contributed by atoms with E-state index >= 15 is 0 Å². The fraction of sp³-hybridized carbons (Fsp3) is 0. The van der Waals surface area contributed by atoms with Crippen LogP contribution in [0, 0.1) is 0 Å². The third-order valence-corrected chi connectivity index (χ3v) is 74.2. The molecule has 0 bridgehead atoms. The van der Waals surface area contributed by atoms with E-state index < -0.39 is 0 Å².